The van der Waals surface area contributed by atoms with E-state index < -0.39 is 0 Å². The summed E-state index contributed by atoms with van der Waals surface area (Å²) in [6.45, 7) is 4.29. The predicted molar refractivity (Wildman–Crippen MR) is 85.2 cm³/mol. The van der Waals surface area contributed by atoms with Crippen LogP contribution in [-0.4, -0.2) is 18.6 Å². The maximum absolute atomic E-state index is 13.1. The van der Waals surface area contributed by atoms with Gasteiger partial charge in [-0.05, 0) is 31.2 Å². The number of benzene rings is 1. The van der Waals surface area contributed by atoms with Gasteiger partial charge in [0.15, 0.2) is 0 Å². The molecule has 3 nitrogen and oxygen atoms in total. The van der Waals surface area contributed by atoms with E-state index >= 15 is 0 Å². The van der Waals surface area contributed by atoms with Gasteiger partial charge in [0.25, 0.3) is 0 Å². The van der Waals surface area contributed by atoms with Crippen LogP contribution in [0.3, 0.4) is 0 Å². The maximum atomic E-state index is 13.1. The highest BCUT2D eigenvalue weighted by atomic mass is 35.5. The molecule has 0 radical (unpaired) electrons. The zero-order valence-corrected chi connectivity index (χ0v) is 13.7. The van der Waals surface area contributed by atoms with Crippen LogP contribution in [0.15, 0.2) is 18.2 Å². The van der Waals surface area contributed by atoms with Crippen molar-refractivity contribution >= 4 is 22.9 Å². The van der Waals surface area contributed by atoms with Crippen LogP contribution in [0.25, 0.3) is 10.6 Å². The summed E-state index contributed by atoms with van der Waals surface area (Å²) >= 11 is 7.67. The van der Waals surface area contributed by atoms with Crippen LogP contribution in [-0.2, 0) is 17.9 Å². The van der Waals surface area contributed by atoms with E-state index in [0.717, 1.165) is 40.7 Å². The molecule has 6 heteroatoms. The summed E-state index contributed by atoms with van der Waals surface area (Å²) in [7, 11) is 1.65. The third-order valence-corrected chi connectivity index (χ3v) is 4.38. The van der Waals surface area contributed by atoms with Crippen LogP contribution in [0.2, 0.25) is 5.02 Å². The molecule has 1 heterocycles. The average molecular weight is 329 g/mol. The zero-order chi connectivity index (χ0) is 15.2. The van der Waals surface area contributed by atoms with Crippen LogP contribution in [0.4, 0.5) is 4.39 Å². The van der Waals surface area contributed by atoms with Gasteiger partial charge in [-0.1, -0.05) is 18.5 Å². The summed E-state index contributed by atoms with van der Waals surface area (Å²) in [4.78, 5) is 5.71. The van der Waals surface area contributed by atoms with Gasteiger partial charge < -0.3 is 10.1 Å². The molecule has 0 aliphatic rings. The molecule has 0 aliphatic heterocycles. The zero-order valence-electron chi connectivity index (χ0n) is 12.1. The molecule has 0 saturated carbocycles. The lowest BCUT2D eigenvalue weighted by Gasteiger charge is -2.02. The highest BCUT2D eigenvalue weighted by Gasteiger charge is 2.14. The van der Waals surface area contributed by atoms with E-state index in [1.54, 1.807) is 24.5 Å². The molecule has 0 atom stereocenters. The first-order valence-electron chi connectivity index (χ1n) is 6.79. The standard InChI is InChI=1S/C15H18ClFN2OS/c1-3-6-18-8-14-13(9-20-2)19-15(21-14)11-5-4-10(17)7-12(11)16/h4-5,7,18H,3,6,8-9H2,1-2H3. The maximum Gasteiger partial charge on any atom is 0.125 e. The van der Waals surface area contributed by atoms with E-state index in [4.69, 9.17) is 16.3 Å². The molecule has 0 spiro atoms. The third-order valence-electron chi connectivity index (χ3n) is 2.93. The highest BCUT2D eigenvalue weighted by Crippen LogP contribution is 2.33. The SMILES string of the molecule is CCCNCc1sc(-c2ccc(F)cc2Cl)nc1COC. The number of thiazole rings is 1. The minimum atomic E-state index is -0.345. The van der Waals surface area contributed by atoms with E-state index in [-0.39, 0.29) is 5.82 Å². The fraction of sp³-hybridized carbons (Fsp3) is 0.400. The average Bonchev–Trinajstić information content (AvgIpc) is 2.82. The van der Waals surface area contributed by atoms with Gasteiger partial charge in [-0.3, -0.25) is 0 Å². The van der Waals surface area contributed by atoms with Crippen molar-refractivity contribution < 1.29 is 9.13 Å². The van der Waals surface area contributed by atoms with Crippen LogP contribution >= 0.6 is 22.9 Å². The van der Waals surface area contributed by atoms with E-state index in [1.807, 2.05) is 0 Å². The molecule has 0 bridgehead atoms. The van der Waals surface area contributed by atoms with Crippen LogP contribution in [0.1, 0.15) is 23.9 Å². The normalized spacial score (nSPS) is 11.0. The van der Waals surface area contributed by atoms with Gasteiger partial charge in [-0.2, -0.15) is 0 Å². The number of aromatic nitrogens is 1. The smallest absolute Gasteiger partial charge is 0.125 e. The van der Waals surface area contributed by atoms with Gasteiger partial charge >= 0.3 is 0 Å². The van der Waals surface area contributed by atoms with E-state index in [2.05, 4.69) is 17.2 Å². The predicted octanol–water partition coefficient (Wildman–Crippen LogP) is 4.25. The Bertz CT molecular complexity index is 603. The van der Waals surface area contributed by atoms with E-state index in [9.17, 15) is 4.39 Å². The Kier molecular flexibility index (Phi) is 6.11. The second kappa shape index (κ2) is 7.84. The molecule has 0 saturated heterocycles. The van der Waals surface area contributed by atoms with E-state index in [1.165, 1.54) is 12.1 Å². The highest BCUT2D eigenvalue weighted by molar-refractivity contribution is 7.15. The van der Waals surface area contributed by atoms with Crippen molar-refractivity contribution in [3.05, 3.63) is 39.6 Å². The van der Waals surface area contributed by atoms with Gasteiger partial charge in [-0.25, -0.2) is 9.37 Å². The Morgan fingerprint density at radius 3 is 2.90 bits per heavy atom. The Balaban J connectivity index is 2.29. The lowest BCUT2D eigenvalue weighted by Crippen LogP contribution is -2.14. The molecule has 0 unspecified atom stereocenters. The molecule has 0 amide bonds. The van der Waals surface area contributed by atoms with Gasteiger partial charge in [0.2, 0.25) is 0 Å². The molecule has 0 fully saturated rings. The lowest BCUT2D eigenvalue weighted by atomic mass is 10.2. The summed E-state index contributed by atoms with van der Waals surface area (Å²) in [5, 5.41) is 4.53. The van der Waals surface area contributed by atoms with E-state index in [0.29, 0.717) is 11.6 Å². The van der Waals surface area contributed by atoms with Crippen molar-refractivity contribution in [3.8, 4) is 10.6 Å². The second-order valence-electron chi connectivity index (χ2n) is 4.62. The van der Waals surface area contributed by atoms with Gasteiger partial charge in [0.1, 0.15) is 10.8 Å². The topological polar surface area (TPSA) is 34.2 Å². The second-order valence-corrected chi connectivity index (χ2v) is 6.11. The van der Waals surface area contributed by atoms with Gasteiger partial charge in [0, 0.05) is 24.1 Å². The minimum absolute atomic E-state index is 0.345. The van der Waals surface area contributed by atoms with Crippen molar-refractivity contribution in [2.45, 2.75) is 26.5 Å². The third kappa shape index (κ3) is 4.23. The minimum Gasteiger partial charge on any atom is -0.378 e. The molecule has 2 aromatic rings. The summed E-state index contributed by atoms with van der Waals surface area (Å²) in [6, 6.07) is 4.37. The summed E-state index contributed by atoms with van der Waals surface area (Å²) in [5.74, 6) is -0.345. The molecule has 114 valence electrons. The number of ether oxygens (including phenoxy) is 1. The van der Waals surface area contributed by atoms with Crippen molar-refractivity contribution in [1.29, 1.82) is 0 Å². The summed E-state index contributed by atoms with van der Waals surface area (Å²) in [6.07, 6.45) is 1.08. The molecule has 1 aromatic heterocycles. The van der Waals surface area contributed by atoms with Crippen LogP contribution in [0.5, 0.6) is 0 Å². The van der Waals surface area contributed by atoms with Gasteiger partial charge in [0.05, 0.1) is 17.3 Å². The monoisotopic (exact) mass is 328 g/mol. The number of rotatable bonds is 7. The molecule has 0 aliphatic carbocycles. The number of nitrogens with one attached hydrogen (secondary N) is 1. The Morgan fingerprint density at radius 2 is 2.24 bits per heavy atom. The lowest BCUT2D eigenvalue weighted by molar-refractivity contribution is 0.181. The summed E-state index contributed by atoms with van der Waals surface area (Å²) in [5.41, 5.74) is 1.66. The molecule has 21 heavy (non-hydrogen) atoms. The first kappa shape index (κ1) is 16.4. The fourth-order valence-electron chi connectivity index (χ4n) is 1.93. The van der Waals surface area contributed by atoms with Crippen molar-refractivity contribution in [3.63, 3.8) is 0 Å². The Hall–Kier alpha value is -1.01. The molecule has 2 rings (SSSR count). The first-order valence-corrected chi connectivity index (χ1v) is 7.98. The number of methoxy groups -OCH3 is 1. The van der Waals surface area contributed by atoms with Crippen molar-refractivity contribution in [2.75, 3.05) is 13.7 Å². The Morgan fingerprint density at radius 1 is 1.43 bits per heavy atom. The molecular formula is C15H18ClFN2OS. The Labute approximate surface area is 133 Å². The van der Waals surface area contributed by atoms with Crippen LogP contribution < -0.4 is 5.32 Å². The number of nitrogens with zero attached hydrogens (tertiary/aromatic N) is 1. The number of halogens is 2. The van der Waals surface area contributed by atoms with Gasteiger partial charge in [-0.15, -0.1) is 11.3 Å². The van der Waals surface area contributed by atoms with Crippen LogP contribution in [0, 0.1) is 5.82 Å². The van der Waals surface area contributed by atoms with Crippen molar-refractivity contribution in [2.24, 2.45) is 0 Å². The number of hydrogen-bond acceptors (Lipinski definition) is 4. The van der Waals surface area contributed by atoms with Crippen molar-refractivity contribution in [1.82, 2.24) is 10.3 Å². The largest absolute Gasteiger partial charge is 0.378 e. The quantitative estimate of drug-likeness (QED) is 0.772. The number of hydrogen-bond donors (Lipinski definition) is 1. The molecule has 1 N–H and O–H groups in total. The summed E-state index contributed by atoms with van der Waals surface area (Å²) < 4.78 is 18.3. The molecule has 1 aromatic carbocycles. The fourth-order valence-corrected chi connectivity index (χ4v) is 3.31. The molecular weight excluding hydrogens is 311 g/mol. The first-order chi connectivity index (χ1) is 10.2.